The molecule has 14 heavy (non-hydrogen) atoms. The van der Waals surface area contributed by atoms with Crippen LogP contribution in [0.4, 0.5) is 0 Å². The Balaban J connectivity index is 2.50. The second kappa shape index (κ2) is 4.95. The van der Waals surface area contributed by atoms with E-state index < -0.39 is 10.1 Å². The summed E-state index contributed by atoms with van der Waals surface area (Å²) in [5.41, 5.74) is 0. The molecule has 5 nitrogen and oxygen atoms in total. The van der Waals surface area contributed by atoms with Crippen molar-refractivity contribution in [3.05, 3.63) is 0 Å². The number of halogens is 1. The molecule has 1 fully saturated rings. The summed E-state index contributed by atoms with van der Waals surface area (Å²) in [6.07, 6.45) is 2.41. The van der Waals surface area contributed by atoms with E-state index in [2.05, 4.69) is 9.44 Å². The molecule has 0 amide bonds. The second-order valence-electron chi connectivity index (χ2n) is 3.08. The van der Waals surface area contributed by atoms with E-state index in [9.17, 15) is 8.42 Å². The van der Waals surface area contributed by atoms with Gasteiger partial charge in [-0.15, -0.1) is 0 Å². The molecule has 0 radical (unpaired) electrons. The second-order valence-corrected chi connectivity index (χ2v) is 5.02. The molecule has 0 bridgehead atoms. The largest absolute Gasteiger partial charge is 0.381 e. The van der Waals surface area contributed by atoms with Crippen LogP contribution in [0.15, 0.2) is 5.16 Å². The van der Waals surface area contributed by atoms with Gasteiger partial charge in [0.15, 0.2) is 0 Å². The summed E-state index contributed by atoms with van der Waals surface area (Å²) in [5, 5.41) is 3.55. The van der Waals surface area contributed by atoms with E-state index in [4.69, 9.17) is 16.3 Å². The molecule has 0 aromatic carbocycles. The highest BCUT2D eigenvalue weighted by atomic mass is 35.5. The smallest absolute Gasteiger partial charge is 0.325 e. The Morgan fingerprint density at radius 3 is 2.57 bits per heavy atom. The van der Waals surface area contributed by atoms with E-state index in [1.54, 1.807) is 0 Å². The van der Waals surface area contributed by atoms with Crippen molar-refractivity contribution < 1.29 is 17.4 Å². The monoisotopic (exact) mass is 241 g/mol. The van der Waals surface area contributed by atoms with Crippen LogP contribution in [0.25, 0.3) is 0 Å². The van der Waals surface area contributed by atoms with Gasteiger partial charge < -0.3 is 4.74 Å². The summed E-state index contributed by atoms with van der Waals surface area (Å²) in [7, 11) is -3.56. The minimum absolute atomic E-state index is 0.0483. The Hall–Kier alpha value is -0.330. The van der Waals surface area contributed by atoms with Gasteiger partial charge in [0, 0.05) is 19.1 Å². The summed E-state index contributed by atoms with van der Waals surface area (Å²) < 4.78 is 30.6. The summed E-state index contributed by atoms with van der Waals surface area (Å²) in [4.78, 5) is 0. The van der Waals surface area contributed by atoms with Gasteiger partial charge in [0.1, 0.15) is 5.17 Å². The van der Waals surface area contributed by atoms with Crippen LogP contribution in [0, 0.1) is 5.92 Å². The summed E-state index contributed by atoms with van der Waals surface area (Å²) in [6, 6.07) is 0. The van der Waals surface area contributed by atoms with Crippen molar-refractivity contribution in [2.24, 2.45) is 11.1 Å². The van der Waals surface area contributed by atoms with Gasteiger partial charge >= 0.3 is 10.1 Å². The van der Waals surface area contributed by atoms with E-state index >= 15 is 0 Å². The van der Waals surface area contributed by atoms with Crippen LogP contribution in [-0.2, 0) is 19.1 Å². The first-order valence-electron chi connectivity index (χ1n) is 4.19. The first kappa shape index (κ1) is 11.7. The molecule has 0 aliphatic carbocycles. The molecule has 0 spiro atoms. The molecule has 1 rings (SSSR count). The maximum absolute atomic E-state index is 10.6. The van der Waals surface area contributed by atoms with Crippen molar-refractivity contribution in [3.63, 3.8) is 0 Å². The standard InChI is InChI=1S/C7H12ClNO4S/c1-14(10,11)13-9-7(8)6-2-4-12-5-3-6/h6H,2-5H2,1H3. The van der Waals surface area contributed by atoms with Crippen molar-refractivity contribution in [3.8, 4) is 0 Å². The molecule has 0 unspecified atom stereocenters. The fraction of sp³-hybridized carbons (Fsp3) is 0.857. The van der Waals surface area contributed by atoms with Crippen LogP contribution in [0.3, 0.4) is 0 Å². The molecule has 82 valence electrons. The molecular formula is C7H12ClNO4S. The maximum Gasteiger partial charge on any atom is 0.325 e. The zero-order chi connectivity index (χ0) is 10.6. The molecule has 1 saturated heterocycles. The van der Waals surface area contributed by atoms with Crippen molar-refractivity contribution in [1.82, 2.24) is 0 Å². The van der Waals surface area contributed by atoms with Crippen LogP contribution >= 0.6 is 11.6 Å². The van der Waals surface area contributed by atoms with E-state index in [1.165, 1.54) is 0 Å². The van der Waals surface area contributed by atoms with Crippen LogP contribution in [0.5, 0.6) is 0 Å². The highest BCUT2D eigenvalue weighted by molar-refractivity contribution is 7.85. The predicted molar refractivity (Wildman–Crippen MR) is 52.8 cm³/mol. The zero-order valence-electron chi connectivity index (χ0n) is 7.77. The molecule has 7 heteroatoms. The van der Waals surface area contributed by atoms with Gasteiger partial charge in [0.2, 0.25) is 0 Å². The Morgan fingerprint density at radius 2 is 2.07 bits per heavy atom. The van der Waals surface area contributed by atoms with E-state index in [0.717, 1.165) is 19.1 Å². The molecule has 1 aliphatic heterocycles. The number of rotatable bonds is 3. The van der Waals surface area contributed by atoms with E-state index in [-0.39, 0.29) is 11.1 Å². The van der Waals surface area contributed by atoms with Gasteiger partial charge in [-0.25, -0.2) is 0 Å². The third kappa shape index (κ3) is 4.26. The van der Waals surface area contributed by atoms with Gasteiger partial charge in [-0.2, -0.15) is 8.42 Å². The zero-order valence-corrected chi connectivity index (χ0v) is 9.34. The average Bonchev–Trinajstić information content (AvgIpc) is 2.14. The average molecular weight is 242 g/mol. The molecule has 0 saturated carbocycles. The highest BCUT2D eigenvalue weighted by Crippen LogP contribution is 2.18. The quantitative estimate of drug-likeness (QED) is 0.545. The van der Waals surface area contributed by atoms with E-state index in [0.29, 0.717) is 13.2 Å². The number of hydrogen-bond acceptors (Lipinski definition) is 5. The summed E-state index contributed by atoms with van der Waals surface area (Å²) >= 11 is 5.77. The van der Waals surface area contributed by atoms with E-state index in [1.807, 2.05) is 0 Å². The van der Waals surface area contributed by atoms with Gasteiger partial charge in [0.05, 0.1) is 6.26 Å². The Morgan fingerprint density at radius 1 is 1.50 bits per heavy atom. The predicted octanol–water partition coefficient (Wildman–Crippen LogP) is 0.942. The molecule has 1 aliphatic rings. The van der Waals surface area contributed by atoms with Crippen LogP contribution in [-0.4, -0.2) is 33.1 Å². The van der Waals surface area contributed by atoms with Crippen molar-refractivity contribution >= 4 is 26.9 Å². The lowest BCUT2D eigenvalue weighted by Gasteiger charge is -2.19. The maximum atomic E-state index is 10.6. The Labute approximate surface area is 88.1 Å². The normalized spacial score (nSPS) is 20.9. The molecule has 1 heterocycles. The van der Waals surface area contributed by atoms with Gasteiger partial charge in [0.25, 0.3) is 0 Å². The van der Waals surface area contributed by atoms with Crippen molar-refractivity contribution in [1.29, 1.82) is 0 Å². The fourth-order valence-corrected chi connectivity index (χ4v) is 1.62. The van der Waals surface area contributed by atoms with Crippen molar-refractivity contribution in [2.45, 2.75) is 12.8 Å². The van der Waals surface area contributed by atoms with Gasteiger partial charge in [-0.3, -0.25) is 4.28 Å². The third-order valence-corrected chi connectivity index (χ3v) is 2.54. The number of nitrogens with zero attached hydrogens (tertiary/aromatic N) is 1. The Bertz CT molecular complexity index is 308. The molecule has 0 atom stereocenters. The number of oxime groups is 1. The lowest BCUT2D eigenvalue weighted by Crippen LogP contribution is -2.20. The van der Waals surface area contributed by atoms with Crippen molar-refractivity contribution in [2.75, 3.05) is 19.5 Å². The van der Waals surface area contributed by atoms with Crippen LogP contribution in [0.1, 0.15) is 12.8 Å². The number of ether oxygens (including phenoxy) is 1. The fourth-order valence-electron chi connectivity index (χ4n) is 1.11. The first-order chi connectivity index (χ1) is 6.49. The first-order valence-corrected chi connectivity index (χ1v) is 6.38. The molecule has 0 N–H and O–H groups in total. The lowest BCUT2D eigenvalue weighted by molar-refractivity contribution is 0.0828. The Kier molecular flexibility index (Phi) is 4.15. The highest BCUT2D eigenvalue weighted by Gasteiger charge is 2.19. The van der Waals surface area contributed by atoms with Crippen LogP contribution in [0.2, 0.25) is 0 Å². The minimum atomic E-state index is -3.56. The lowest BCUT2D eigenvalue weighted by atomic mass is 10.0. The van der Waals surface area contributed by atoms with Gasteiger partial charge in [-0.05, 0) is 12.8 Å². The number of hydrogen-bond donors (Lipinski definition) is 0. The minimum Gasteiger partial charge on any atom is -0.381 e. The van der Waals surface area contributed by atoms with Gasteiger partial charge in [-0.1, -0.05) is 16.8 Å². The molecule has 0 aromatic heterocycles. The summed E-state index contributed by atoms with van der Waals surface area (Å²) in [6.45, 7) is 1.24. The van der Waals surface area contributed by atoms with Crippen LogP contribution < -0.4 is 0 Å². The summed E-state index contributed by atoms with van der Waals surface area (Å²) in [5.74, 6) is 0.0483. The third-order valence-electron chi connectivity index (χ3n) is 1.82. The molecule has 0 aromatic rings. The molecular weight excluding hydrogens is 230 g/mol. The SMILES string of the molecule is CS(=O)(=O)ON=C(Cl)C1CCOCC1. The topological polar surface area (TPSA) is 65.0 Å².